The molecule has 46 heavy (non-hydrogen) atoms. The Morgan fingerprint density at radius 3 is 1.67 bits per heavy atom. The summed E-state index contributed by atoms with van der Waals surface area (Å²) < 4.78 is 0.971. The Kier molecular flexibility index (Phi) is 9.31. The Balaban J connectivity index is 0.00000372. The normalized spacial score (nSPS) is 10.8. The van der Waals surface area contributed by atoms with Gasteiger partial charge < -0.3 is 4.98 Å². The van der Waals surface area contributed by atoms with E-state index in [1.807, 2.05) is 42.5 Å². The van der Waals surface area contributed by atoms with Gasteiger partial charge in [0.25, 0.3) is 0 Å². The van der Waals surface area contributed by atoms with Crippen molar-refractivity contribution in [3.8, 4) is 67.7 Å². The Bertz CT molecular complexity index is 2060. The predicted molar refractivity (Wildman–Crippen MR) is 182 cm³/mol. The molecule has 0 fully saturated rings. The number of aromatic nitrogens is 6. The van der Waals surface area contributed by atoms with Crippen molar-refractivity contribution in [2.24, 2.45) is 0 Å². The van der Waals surface area contributed by atoms with Gasteiger partial charge in [0.2, 0.25) is 0 Å². The summed E-state index contributed by atoms with van der Waals surface area (Å²) in [6, 6.07) is 34.2. The molecule has 4 heterocycles. The van der Waals surface area contributed by atoms with Gasteiger partial charge in [0, 0.05) is 67.8 Å². The fourth-order valence-corrected chi connectivity index (χ4v) is 5.91. The van der Waals surface area contributed by atoms with Gasteiger partial charge in [-0.15, -0.1) is 23.8 Å². The van der Waals surface area contributed by atoms with Crippen LogP contribution in [0, 0.1) is 19.9 Å². The number of hydrogen-bond donors (Lipinski definition) is 0. The Morgan fingerprint density at radius 2 is 1.15 bits per heavy atom. The second-order valence-corrected chi connectivity index (χ2v) is 11.6. The first-order chi connectivity index (χ1) is 22.0. The minimum atomic E-state index is 0. The van der Waals surface area contributed by atoms with Crippen molar-refractivity contribution < 1.29 is 20.1 Å². The van der Waals surface area contributed by atoms with Crippen LogP contribution in [0.2, 0.25) is 0 Å². The summed E-state index contributed by atoms with van der Waals surface area (Å²) in [5.74, 6) is 1.58. The third-order valence-corrected chi connectivity index (χ3v) is 8.08. The van der Waals surface area contributed by atoms with Crippen molar-refractivity contribution in [1.82, 2.24) is 29.9 Å². The van der Waals surface area contributed by atoms with Crippen LogP contribution in [0.25, 0.3) is 67.7 Å². The van der Waals surface area contributed by atoms with Crippen LogP contribution in [0.1, 0.15) is 11.1 Å². The molecule has 0 amide bonds. The second kappa shape index (κ2) is 13.7. The standard InChI is InChI=1S/C38H26BrN6.Ir/c1-24-17-25(2)19-30(18-24)31-9-3-4-10-32(31)33-13-11-26(20-34(33)39)35-14-12-29(23-42-35)38-44-36(27-7-5-15-40-21-27)43-37(45-38)28-8-6-16-41-22-28;/h3-10,12-23H,1-2H3;/q-1;. The molecular weight excluding hydrogens is 813 g/mol. The third-order valence-electron chi connectivity index (χ3n) is 7.42. The van der Waals surface area contributed by atoms with E-state index in [-0.39, 0.29) is 20.1 Å². The topological polar surface area (TPSA) is 77.3 Å². The van der Waals surface area contributed by atoms with Crippen molar-refractivity contribution in [2.45, 2.75) is 13.8 Å². The van der Waals surface area contributed by atoms with E-state index in [0.29, 0.717) is 17.5 Å². The third kappa shape index (κ3) is 6.60. The molecule has 0 aliphatic carbocycles. The minimum absolute atomic E-state index is 0. The maximum absolute atomic E-state index is 4.78. The van der Waals surface area contributed by atoms with E-state index in [0.717, 1.165) is 43.5 Å². The summed E-state index contributed by atoms with van der Waals surface area (Å²) in [6.45, 7) is 4.27. The Labute approximate surface area is 289 Å². The molecule has 1 radical (unpaired) electrons. The van der Waals surface area contributed by atoms with E-state index in [4.69, 9.17) is 19.9 Å². The second-order valence-electron chi connectivity index (χ2n) is 10.8. The molecule has 3 aromatic carbocycles. The van der Waals surface area contributed by atoms with Crippen LogP contribution < -0.4 is 0 Å². The molecule has 0 spiro atoms. The molecule has 6 nitrogen and oxygen atoms in total. The van der Waals surface area contributed by atoms with Crippen LogP contribution in [0.15, 0.2) is 126 Å². The van der Waals surface area contributed by atoms with Crippen molar-refractivity contribution in [2.75, 3.05) is 0 Å². The van der Waals surface area contributed by atoms with Gasteiger partial charge in [-0.05, 0) is 54.9 Å². The van der Waals surface area contributed by atoms with Gasteiger partial charge >= 0.3 is 0 Å². The van der Waals surface area contributed by atoms with Crippen LogP contribution in [-0.4, -0.2) is 29.9 Å². The molecule has 0 bridgehead atoms. The first-order valence-corrected chi connectivity index (χ1v) is 15.2. The molecule has 0 aliphatic rings. The van der Waals surface area contributed by atoms with E-state index in [1.54, 1.807) is 31.0 Å². The molecule has 0 N–H and O–H groups in total. The quantitative estimate of drug-likeness (QED) is 0.156. The number of benzene rings is 3. The number of nitrogens with zero attached hydrogens (tertiary/aromatic N) is 6. The predicted octanol–water partition coefficient (Wildman–Crippen LogP) is 9.24. The van der Waals surface area contributed by atoms with Crippen LogP contribution in [-0.2, 0) is 20.1 Å². The number of hydrogen-bond acceptors (Lipinski definition) is 6. The van der Waals surface area contributed by atoms with Crippen molar-refractivity contribution in [3.63, 3.8) is 0 Å². The summed E-state index contributed by atoms with van der Waals surface area (Å²) in [6.07, 6.45) is 8.72. The molecule has 225 valence electrons. The van der Waals surface area contributed by atoms with Gasteiger partial charge in [-0.1, -0.05) is 97.3 Å². The molecule has 4 aromatic heterocycles. The first-order valence-electron chi connectivity index (χ1n) is 14.4. The largest absolute Gasteiger partial charge is 0.304 e. The van der Waals surface area contributed by atoms with E-state index in [1.165, 1.54) is 22.3 Å². The zero-order valence-electron chi connectivity index (χ0n) is 24.9. The van der Waals surface area contributed by atoms with Crippen LogP contribution >= 0.6 is 15.9 Å². The van der Waals surface area contributed by atoms with Crippen LogP contribution in [0.3, 0.4) is 0 Å². The Hall–Kier alpha value is -4.75. The monoisotopic (exact) mass is 838 g/mol. The molecule has 8 heteroatoms. The molecule has 7 rings (SSSR count). The zero-order valence-corrected chi connectivity index (χ0v) is 28.9. The van der Waals surface area contributed by atoms with Crippen molar-refractivity contribution >= 4 is 15.9 Å². The molecular formula is C38H26BrIrN6-. The molecule has 0 aliphatic heterocycles. The molecule has 7 aromatic rings. The summed E-state index contributed by atoms with van der Waals surface area (Å²) in [5, 5.41) is 0. The first kappa shape index (κ1) is 31.2. The van der Waals surface area contributed by atoms with Crippen molar-refractivity contribution in [3.05, 3.63) is 144 Å². The van der Waals surface area contributed by atoms with Gasteiger partial charge in [0.05, 0.1) is 0 Å². The van der Waals surface area contributed by atoms with Gasteiger partial charge in [-0.3, -0.25) is 9.97 Å². The maximum Gasteiger partial charge on any atom is 0.165 e. The maximum atomic E-state index is 4.78. The molecule has 0 saturated carbocycles. The van der Waals surface area contributed by atoms with Crippen LogP contribution in [0.4, 0.5) is 0 Å². The number of pyridine rings is 3. The van der Waals surface area contributed by atoms with Gasteiger partial charge in [0.15, 0.2) is 17.5 Å². The minimum Gasteiger partial charge on any atom is -0.304 e. The summed E-state index contributed by atoms with van der Waals surface area (Å²) in [4.78, 5) is 27.5. The van der Waals surface area contributed by atoms with Gasteiger partial charge in [0.1, 0.15) is 0 Å². The van der Waals surface area contributed by atoms with E-state index in [2.05, 4.69) is 94.3 Å². The average molecular weight is 839 g/mol. The molecule has 0 saturated heterocycles. The van der Waals surface area contributed by atoms with E-state index in [9.17, 15) is 0 Å². The summed E-state index contributed by atoms with van der Waals surface area (Å²) >= 11 is 3.84. The summed E-state index contributed by atoms with van der Waals surface area (Å²) in [5.41, 5.74) is 11.1. The van der Waals surface area contributed by atoms with Gasteiger partial charge in [-0.25, -0.2) is 15.0 Å². The fraction of sp³-hybridized carbons (Fsp3) is 0.0526. The zero-order chi connectivity index (χ0) is 30.8. The van der Waals surface area contributed by atoms with E-state index < -0.39 is 0 Å². The average Bonchev–Trinajstić information content (AvgIpc) is 3.08. The Morgan fingerprint density at radius 1 is 0.565 bits per heavy atom. The SMILES string of the molecule is Cc1cc(C)cc(-c2ccccc2-c2c[c-]c(-c3ccc(-c4nc(-c5cccnc5)nc(-c5cccnc5)n4)cn3)cc2Br)c1.[Ir]. The van der Waals surface area contributed by atoms with E-state index >= 15 is 0 Å². The summed E-state index contributed by atoms with van der Waals surface area (Å²) in [7, 11) is 0. The van der Waals surface area contributed by atoms with Crippen molar-refractivity contribution in [1.29, 1.82) is 0 Å². The fourth-order valence-electron chi connectivity index (χ4n) is 5.36. The number of rotatable bonds is 6. The number of aryl methyl sites for hydroxylation is 2. The number of halogens is 1. The smallest absolute Gasteiger partial charge is 0.165 e. The van der Waals surface area contributed by atoms with Gasteiger partial charge in [-0.2, -0.15) is 0 Å². The van der Waals surface area contributed by atoms with Crippen LogP contribution in [0.5, 0.6) is 0 Å². The molecule has 0 unspecified atom stereocenters. The molecule has 0 atom stereocenters.